The lowest BCUT2D eigenvalue weighted by Gasteiger charge is -2.10. The van der Waals surface area contributed by atoms with E-state index in [-0.39, 0.29) is 42.9 Å². The monoisotopic (exact) mass is 1210 g/mol. The van der Waals surface area contributed by atoms with Crippen LogP contribution in [0.4, 0.5) is 17.1 Å². The van der Waals surface area contributed by atoms with Crippen molar-refractivity contribution in [1.82, 2.24) is 59.0 Å². The lowest BCUT2D eigenvalue weighted by molar-refractivity contribution is 0.0986. The molecule has 0 spiro atoms. The van der Waals surface area contributed by atoms with Crippen LogP contribution in [0.3, 0.4) is 0 Å². The first-order valence-corrected chi connectivity index (χ1v) is 27.7. The van der Waals surface area contributed by atoms with Crippen LogP contribution in [0, 0.1) is 76.2 Å². The fraction of sp³-hybridized carbons (Fsp3) is 0.343. The van der Waals surface area contributed by atoms with Crippen molar-refractivity contribution >= 4 is 73.5 Å². The summed E-state index contributed by atoms with van der Waals surface area (Å²) < 4.78 is 4.12. The van der Waals surface area contributed by atoms with Gasteiger partial charge in [-0.2, -0.15) is 0 Å². The number of carbonyl (C=O) groups is 2. The standard InChI is InChI=1S/C16H18N4S.C16H19N3O.C15H16N4.C8H8ClNO.C7H11N3.5CH4/c1-5-21-14-7-6-10(2)18-15(14)16-19-12-8-11(3)17-9-13(12)20(16)4;1-10-5-6-11(2)19-16(10)15(20)8-13-7-12(3)18-9-14(13)17-4;1-9-5-6-10(2)17-14(9)15-18-12-7-11(3)16-8-13(12)19(15)4;1-5-3-4-6(2)10-7(5)8(9)11;1-5-3-6(8)7(9-2)4-10-5;;;;;/h6-9H,5H2,1-4H3;5-7,9,17H,8H2,1-4H3;5-8H,1-4H3;3-4H,1-2H3;3-4,9H,1-2H3,(H2,8,10);5*1H4. The number of Topliss-reactive ketones (excluding diaryl/α,β-unsaturated/α-hetero) is 1. The quantitative estimate of drug-likeness (QED) is 0.0658. The number of nitrogens with zero attached hydrogens (tertiary/aromatic N) is 12. The van der Waals surface area contributed by atoms with Gasteiger partial charge >= 0.3 is 0 Å². The van der Waals surface area contributed by atoms with E-state index < -0.39 is 5.24 Å². The molecule has 0 saturated carbocycles. The molecule has 10 heterocycles. The van der Waals surface area contributed by atoms with Gasteiger partial charge in [-0.25, -0.2) is 29.9 Å². The number of carbonyl (C=O) groups excluding carboxylic acids is 2. The molecule has 0 bridgehead atoms. The predicted octanol–water partition coefficient (Wildman–Crippen LogP) is 15.9. The Hall–Kier alpha value is -8.48. The fourth-order valence-electron chi connectivity index (χ4n) is 8.40. The molecule has 0 unspecified atom stereocenters. The number of fused-ring (bicyclic) bond motifs is 2. The van der Waals surface area contributed by atoms with Crippen LogP contribution in [0.15, 0.2) is 102 Å². The Morgan fingerprint density at radius 2 is 0.907 bits per heavy atom. The molecule has 4 N–H and O–H groups in total. The van der Waals surface area contributed by atoms with Crippen molar-refractivity contribution in [2.45, 2.75) is 132 Å². The van der Waals surface area contributed by atoms with E-state index in [4.69, 9.17) is 32.3 Å². The summed E-state index contributed by atoms with van der Waals surface area (Å²) in [5, 5.41) is 5.51. The van der Waals surface area contributed by atoms with Crippen molar-refractivity contribution in [3.8, 4) is 23.0 Å². The van der Waals surface area contributed by atoms with Gasteiger partial charge in [0.1, 0.15) is 22.8 Å². The van der Waals surface area contributed by atoms with Crippen LogP contribution in [-0.2, 0) is 20.5 Å². The summed E-state index contributed by atoms with van der Waals surface area (Å²) in [4.78, 5) is 68.5. The highest BCUT2D eigenvalue weighted by Gasteiger charge is 2.18. The number of ketones is 1. The third-order valence-corrected chi connectivity index (χ3v) is 13.9. The van der Waals surface area contributed by atoms with Gasteiger partial charge in [0.05, 0.1) is 63.9 Å². The molecule has 17 nitrogen and oxygen atoms in total. The highest BCUT2D eigenvalue weighted by molar-refractivity contribution is 7.99. The Morgan fingerprint density at radius 3 is 1.38 bits per heavy atom. The van der Waals surface area contributed by atoms with Gasteiger partial charge < -0.3 is 25.5 Å². The van der Waals surface area contributed by atoms with Gasteiger partial charge in [0.2, 0.25) is 0 Å². The molecular weight excluding hydrogens is 1110 g/mol. The van der Waals surface area contributed by atoms with Crippen molar-refractivity contribution in [1.29, 1.82) is 0 Å². The van der Waals surface area contributed by atoms with Crippen molar-refractivity contribution < 1.29 is 9.59 Å². The number of imidazole rings is 2. The topological polar surface area (TPSA) is 223 Å². The molecule has 0 atom stereocenters. The molecule has 0 amide bonds. The molecule has 0 fully saturated rings. The van der Waals surface area contributed by atoms with E-state index in [0.29, 0.717) is 17.8 Å². The molecule has 0 aliphatic carbocycles. The number of nitrogens with one attached hydrogen (secondary N) is 2. The maximum atomic E-state index is 12.5. The largest absolute Gasteiger partial charge is 0.397 e. The maximum absolute atomic E-state index is 12.5. The number of nitrogens with two attached hydrogens (primary N) is 1. The van der Waals surface area contributed by atoms with Crippen LogP contribution in [0.2, 0.25) is 0 Å². The van der Waals surface area contributed by atoms with E-state index in [9.17, 15) is 9.59 Å². The minimum atomic E-state index is -0.494. The van der Waals surface area contributed by atoms with E-state index in [1.54, 1.807) is 24.2 Å². The number of aryl methyl sites for hydroxylation is 13. The lowest BCUT2D eigenvalue weighted by Crippen LogP contribution is -2.11. The first-order chi connectivity index (χ1) is 38.5. The van der Waals surface area contributed by atoms with Gasteiger partial charge in [-0.3, -0.25) is 29.5 Å². The van der Waals surface area contributed by atoms with Crippen LogP contribution >= 0.6 is 23.4 Å². The summed E-state index contributed by atoms with van der Waals surface area (Å²) in [6, 6.07) is 23.6. The van der Waals surface area contributed by atoms with Gasteiger partial charge in [-0.1, -0.05) is 62.3 Å². The summed E-state index contributed by atoms with van der Waals surface area (Å²) in [6.45, 7) is 23.4. The summed E-state index contributed by atoms with van der Waals surface area (Å²) in [5.74, 6) is 2.84. The zero-order valence-electron chi connectivity index (χ0n) is 49.2. The Labute approximate surface area is 521 Å². The number of anilines is 3. The molecule has 10 aromatic heterocycles. The number of nitrogen functional groups attached to an aromatic ring is 1. The van der Waals surface area contributed by atoms with Crippen LogP contribution in [-0.4, -0.2) is 89.8 Å². The molecule has 86 heavy (non-hydrogen) atoms. The fourth-order valence-corrected chi connectivity index (χ4v) is 9.34. The van der Waals surface area contributed by atoms with Crippen LogP contribution in [0.5, 0.6) is 0 Å². The SMILES string of the molecule is C.C.C.C.C.CCSc1ccc(C)nc1-c1nc2cc(C)ncc2n1C.CNc1cnc(C)cc1CC(=O)c1nc(C)ccc1C.CNc1cnc(C)cc1N.Cc1cc2nc(-c3nc(C)ccc3C)n(C)c2cn1.Cc1ccc(C)c(C(=O)Cl)n1. The molecule has 0 aromatic carbocycles. The van der Waals surface area contributed by atoms with E-state index in [0.717, 1.165) is 136 Å². The van der Waals surface area contributed by atoms with Crippen LogP contribution in [0.1, 0.15) is 133 Å². The van der Waals surface area contributed by atoms with Gasteiger partial charge in [0.25, 0.3) is 5.24 Å². The van der Waals surface area contributed by atoms with Gasteiger partial charge in [0.15, 0.2) is 17.4 Å². The summed E-state index contributed by atoms with van der Waals surface area (Å²) in [6.07, 6.45) is 7.56. The van der Waals surface area contributed by atoms with E-state index in [2.05, 4.69) is 86.7 Å². The molecule has 19 heteroatoms. The van der Waals surface area contributed by atoms with Gasteiger partial charge in [-0.15, -0.1) is 11.8 Å². The molecule has 0 radical (unpaired) electrons. The summed E-state index contributed by atoms with van der Waals surface area (Å²) in [5.41, 5.74) is 26.2. The zero-order valence-corrected chi connectivity index (χ0v) is 50.8. The second kappa shape index (κ2) is 34.5. The number of hydrogen-bond acceptors (Lipinski definition) is 16. The van der Waals surface area contributed by atoms with E-state index in [1.807, 2.05) is 164 Å². The predicted molar refractivity (Wildman–Crippen MR) is 364 cm³/mol. The van der Waals surface area contributed by atoms with E-state index in [1.165, 1.54) is 4.90 Å². The lowest BCUT2D eigenvalue weighted by atomic mass is 10.0. The average Bonchev–Trinajstić information content (AvgIpc) is 1.85. The normalized spacial score (nSPS) is 9.97. The van der Waals surface area contributed by atoms with Crippen molar-refractivity contribution in [3.63, 3.8) is 0 Å². The third-order valence-electron chi connectivity index (χ3n) is 12.8. The molecular formula is C67H92ClN15O2S. The Kier molecular flexibility index (Phi) is 30.3. The molecule has 10 aromatic rings. The highest BCUT2D eigenvalue weighted by Crippen LogP contribution is 2.32. The number of thioether (sulfide) groups is 1. The Balaban J connectivity index is 0.000000543. The number of rotatable bonds is 10. The van der Waals surface area contributed by atoms with Crippen molar-refractivity contribution in [3.05, 3.63) is 177 Å². The first-order valence-electron chi connectivity index (χ1n) is 26.3. The number of pyridine rings is 8. The second-order valence-corrected chi connectivity index (χ2v) is 21.1. The third kappa shape index (κ3) is 19.5. The van der Waals surface area contributed by atoms with Crippen LogP contribution in [0.25, 0.3) is 45.1 Å². The smallest absolute Gasteiger partial charge is 0.271 e. The Bertz CT molecular complexity index is 3880. The van der Waals surface area contributed by atoms with Crippen molar-refractivity contribution in [2.75, 3.05) is 36.2 Å². The molecule has 460 valence electrons. The first kappa shape index (κ1) is 75.5. The maximum Gasteiger partial charge on any atom is 0.271 e. The summed E-state index contributed by atoms with van der Waals surface area (Å²) in [7, 11) is 7.68. The minimum Gasteiger partial charge on any atom is -0.397 e. The van der Waals surface area contributed by atoms with Gasteiger partial charge in [0, 0.05) is 85.1 Å². The van der Waals surface area contributed by atoms with Gasteiger partial charge in [-0.05, 0) is 170 Å². The number of hydrogen-bond donors (Lipinski definition) is 3. The highest BCUT2D eigenvalue weighted by atomic mass is 35.5. The number of halogens is 1. The molecule has 10 rings (SSSR count). The average molecular weight is 1210 g/mol. The van der Waals surface area contributed by atoms with E-state index >= 15 is 0 Å². The summed E-state index contributed by atoms with van der Waals surface area (Å²) >= 11 is 7.07. The molecule has 0 aliphatic rings. The molecule has 0 aliphatic heterocycles. The zero-order chi connectivity index (χ0) is 59.2. The number of aromatic nitrogens is 12. The van der Waals surface area contributed by atoms with Crippen molar-refractivity contribution in [2.24, 2.45) is 14.1 Å². The molecule has 0 saturated heterocycles. The second-order valence-electron chi connectivity index (χ2n) is 19.5. The Morgan fingerprint density at radius 1 is 0.500 bits per heavy atom. The minimum absolute atomic E-state index is 0. The van der Waals surface area contributed by atoms with Crippen LogP contribution < -0.4 is 16.4 Å².